The molecule has 7 nitrogen and oxygen atoms in total. The number of urea groups is 1. The van der Waals surface area contributed by atoms with Crippen LogP contribution >= 0.6 is 0 Å². The van der Waals surface area contributed by atoms with Crippen molar-refractivity contribution in [3.8, 4) is 0 Å². The number of nitrogens with one attached hydrogen (secondary N) is 2. The lowest BCUT2D eigenvalue weighted by Gasteiger charge is -2.21. The Morgan fingerprint density at radius 1 is 1.50 bits per heavy atom. The van der Waals surface area contributed by atoms with Gasteiger partial charge in [0.05, 0.1) is 0 Å². The monoisotopic (exact) mass is 287 g/mol. The smallest absolute Gasteiger partial charge is 0.326 e. The number of aliphatic carboxylic acids is 1. The normalized spacial score (nSPS) is 20.6. The molecule has 0 radical (unpaired) electrons. The number of methoxy groups -OCH3 is 1. The van der Waals surface area contributed by atoms with Crippen LogP contribution in [0.5, 0.6) is 0 Å². The van der Waals surface area contributed by atoms with Gasteiger partial charge in [-0.15, -0.1) is 0 Å². The van der Waals surface area contributed by atoms with Crippen LogP contribution in [0.4, 0.5) is 4.79 Å². The second-order valence-corrected chi connectivity index (χ2v) is 5.16. The van der Waals surface area contributed by atoms with Gasteiger partial charge in [-0.25, -0.2) is 9.59 Å². The molecule has 1 aliphatic rings. The molecule has 1 fully saturated rings. The largest absolute Gasteiger partial charge is 0.480 e. The van der Waals surface area contributed by atoms with E-state index in [9.17, 15) is 9.59 Å². The first kappa shape index (κ1) is 16.7. The quantitative estimate of drug-likeness (QED) is 0.557. The highest BCUT2D eigenvalue weighted by atomic mass is 16.5. The van der Waals surface area contributed by atoms with Gasteiger partial charge in [-0.05, 0) is 39.3 Å². The van der Waals surface area contributed by atoms with Crippen molar-refractivity contribution in [2.45, 2.75) is 37.8 Å². The number of hydrogen-bond acceptors (Lipinski definition) is 4. The van der Waals surface area contributed by atoms with Crippen molar-refractivity contribution in [2.24, 2.45) is 0 Å². The molecule has 0 aromatic carbocycles. The highest BCUT2D eigenvalue weighted by Crippen LogP contribution is 2.13. The minimum atomic E-state index is -1.02. The van der Waals surface area contributed by atoms with Crippen LogP contribution in [0.3, 0.4) is 0 Å². The van der Waals surface area contributed by atoms with Gasteiger partial charge >= 0.3 is 12.0 Å². The van der Waals surface area contributed by atoms with Gasteiger partial charge in [0.15, 0.2) is 0 Å². The van der Waals surface area contributed by atoms with Crippen molar-refractivity contribution in [1.82, 2.24) is 15.5 Å². The van der Waals surface area contributed by atoms with Gasteiger partial charge in [-0.3, -0.25) is 0 Å². The zero-order chi connectivity index (χ0) is 15.0. The molecular weight excluding hydrogens is 262 g/mol. The Hall–Kier alpha value is -1.34. The third kappa shape index (κ3) is 5.75. The first-order valence-electron chi connectivity index (χ1n) is 7.01. The third-order valence-electron chi connectivity index (χ3n) is 3.61. The number of rotatable bonds is 8. The van der Waals surface area contributed by atoms with E-state index in [-0.39, 0.29) is 0 Å². The molecule has 2 atom stereocenters. The zero-order valence-corrected chi connectivity index (χ0v) is 12.2. The molecule has 20 heavy (non-hydrogen) atoms. The number of carboxylic acid groups (broad SMARTS) is 1. The zero-order valence-electron chi connectivity index (χ0n) is 12.2. The van der Waals surface area contributed by atoms with E-state index in [4.69, 9.17) is 9.84 Å². The molecule has 3 N–H and O–H groups in total. The van der Waals surface area contributed by atoms with Crippen molar-refractivity contribution in [3.63, 3.8) is 0 Å². The molecular formula is C13H25N3O4. The van der Waals surface area contributed by atoms with E-state index >= 15 is 0 Å². The predicted octanol–water partition coefficient (Wildman–Crippen LogP) is 0.260. The molecule has 0 aromatic rings. The van der Waals surface area contributed by atoms with Gasteiger partial charge in [-0.1, -0.05) is 0 Å². The summed E-state index contributed by atoms with van der Waals surface area (Å²) in [6.07, 6.45) is 3.16. The Kier molecular flexibility index (Phi) is 7.32. The number of hydrogen-bond donors (Lipinski definition) is 3. The summed E-state index contributed by atoms with van der Waals surface area (Å²) in [5.41, 5.74) is 0. The van der Waals surface area contributed by atoms with E-state index in [1.165, 1.54) is 0 Å². The number of carboxylic acids is 1. The highest BCUT2D eigenvalue weighted by Gasteiger charge is 2.23. The van der Waals surface area contributed by atoms with Gasteiger partial charge in [0.25, 0.3) is 0 Å². The number of ether oxygens (including phenoxy) is 1. The fourth-order valence-corrected chi connectivity index (χ4v) is 2.35. The van der Waals surface area contributed by atoms with Gasteiger partial charge in [-0.2, -0.15) is 0 Å². The number of carbonyl (C=O) groups is 2. The molecule has 0 aliphatic carbocycles. The summed E-state index contributed by atoms with van der Waals surface area (Å²) in [6.45, 7) is 2.08. The van der Waals surface area contributed by atoms with Crippen LogP contribution < -0.4 is 10.6 Å². The lowest BCUT2D eigenvalue weighted by molar-refractivity contribution is -0.139. The van der Waals surface area contributed by atoms with Gasteiger partial charge < -0.3 is 25.4 Å². The summed E-state index contributed by atoms with van der Waals surface area (Å²) < 4.78 is 4.88. The van der Waals surface area contributed by atoms with E-state index in [0.717, 1.165) is 19.4 Å². The number of likely N-dealkylation sites (tertiary alicyclic amines) is 1. The number of amides is 2. The van der Waals surface area contributed by atoms with Crippen LogP contribution in [0.1, 0.15) is 25.7 Å². The molecule has 1 aliphatic heterocycles. The fourth-order valence-electron chi connectivity index (χ4n) is 2.35. The van der Waals surface area contributed by atoms with Crippen LogP contribution in [0.2, 0.25) is 0 Å². The number of carbonyl (C=O) groups excluding carboxylic acids is 1. The lowest BCUT2D eigenvalue weighted by atomic mass is 10.1. The summed E-state index contributed by atoms with van der Waals surface area (Å²) in [5, 5.41) is 14.3. The van der Waals surface area contributed by atoms with E-state index in [1.54, 1.807) is 7.11 Å². The average molecular weight is 287 g/mol. The van der Waals surface area contributed by atoms with Gasteiger partial charge in [0.1, 0.15) is 6.04 Å². The maximum atomic E-state index is 11.7. The van der Waals surface area contributed by atoms with Crippen molar-refractivity contribution < 1.29 is 19.4 Å². The Labute approximate surface area is 119 Å². The fraction of sp³-hybridized carbons (Fsp3) is 0.846. The lowest BCUT2D eigenvalue weighted by Crippen LogP contribution is -2.48. The molecule has 1 saturated heterocycles. The van der Waals surface area contributed by atoms with Gasteiger partial charge in [0.2, 0.25) is 0 Å². The second-order valence-electron chi connectivity index (χ2n) is 5.16. The first-order valence-corrected chi connectivity index (χ1v) is 7.01. The second kappa shape index (κ2) is 8.76. The molecule has 116 valence electrons. The molecule has 1 rings (SSSR count). The summed E-state index contributed by atoms with van der Waals surface area (Å²) >= 11 is 0. The number of likely N-dealkylation sites (N-methyl/N-ethyl adjacent to an activating group) is 1. The molecule has 7 heteroatoms. The van der Waals surface area contributed by atoms with Crippen molar-refractivity contribution in [3.05, 3.63) is 0 Å². The SMILES string of the molecule is COCCCC(NC(=O)NCC1CCCN1C)C(=O)O. The molecule has 2 unspecified atom stereocenters. The van der Waals surface area contributed by atoms with Crippen molar-refractivity contribution in [2.75, 3.05) is 33.9 Å². The average Bonchev–Trinajstić information content (AvgIpc) is 2.81. The maximum Gasteiger partial charge on any atom is 0.326 e. The van der Waals surface area contributed by atoms with Crippen LogP contribution in [0, 0.1) is 0 Å². The number of nitrogens with zero attached hydrogens (tertiary/aromatic N) is 1. The van der Waals surface area contributed by atoms with Gasteiger partial charge in [0, 0.05) is 26.3 Å². The summed E-state index contributed by atoms with van der Waals surface area (Å²) in [4.78, 5) is 25.0. The Morgan fingerprint density at radius 2 is 2.25 bits per heavy atom. The first-order chi connectivity index (χ1) is 9.54. The summed E-state index contributed by atoms with van der Waals surface area (Å²) in [7, 11) is 3.59. The van der Waals surface area contributed by atoms with Crippen LogP contribution in [-0.2, 0) is 9.53 Å². The summed E-state index contributed by atoms with van der Waals surface area (Å²) in [5.74, 6) is -1.02. The highest BCUT2D eigenvalue weighted by molar-refractivity contribution is 5.82. The topological polar surface area (TPSA) is 90.9 Å². The van der Waals surface area contributed by atoms with E-state index in [1.807, 2.05) is 7.05 Å². The molecule has 0 spiro atoms. The minimum Gasteiger partial charge on any atom is -0.480 e. The van der Waals surface area contributed by atoms with Crippen molar-refractivity contribution in [1.29, 1.82) is 0 Å². The van der Waals surface area contributed by atoms with Crippen LogP contribution in [-0.4, -0.2) is 67.9 Å². The maximum absolute atomic E-state index is 11.7. The van der Waals surface area contributed by atoms with E-state index in [2.05, 4.69) is 15.5 Å². The Bertz CT molecular complexity index is 325. The molecule has 0 bridgehead atoms. The molecule has 1 heterocycles. The van der Waals surface area contributed by atoms with Crippen LogP contribution in [0.25, 0.3) is 0 Å². The third-order valence-corrected chi connectivity index (χ3v) is 3.61. The summed E-state index contributed by atoms with van der Waals surface area (Å²) in [6, 6.07) is -0.945. The molecule has 0 aromatic heterocycles. The molecule has 0 saturated carbocycles. The van der Waals surface area contributed by atoms with E-state index in [0.29, 0.717) is 32.0 Å². The van der Waals surface area contributed by atoms with Crippen LogP contribution in [0.15, 0.2) is 0 Å². The van der Waals surface area contributed by atoms with Crippen molar-refractivity contribution >= 4 is 12.0 Å². The van der Waals surface area contributed by atoms with E-state index < -0.39 is 18.0 Å². The Morgan fingerprint density at radius 3 is 2.80 bits per heavy atom. The predicted molar refractivity (Wildman–Crippen MR) is 74.7 cm³/mol. The minimum absolute atomic E-state index is 0.345. The Balaban J connectivity index is 2.28. The standard InChI is InChI=1S/C13H25N3O4/c1-16-7-3-5-10(16)9-14-13(19)15-11(12(17)18)6-4-8-20-2/h10-11H,3-9H2,1-2H3,(H,17,18)(H2,14,15,19). The molecule has 2 amide bonds.